The molecule has 0 fully saturated rings. The minimum absolute atomic E-state index is 0.184. The molecule has 0 saturated heterocycles. The fraction of sp³-hybridized carbons (Fsp3) is 0.125. The molecule has 1 heterocycles. The molecule has 0 aliphatic carbocycles. The van der Waals surface area contributed by atoms with Crippen LogP contribution < -0.4 is 14.8 Å². The highest BCUT2D eigenvalue weighted by Crippen LogP contribution is 2.36. The van der Waals surface area contributed by atoms with E-state index in [0.29, 0.717) is 21.1 Å². The second-order valence-corrected chi connectivity index (χ2v) is 8.53. The van der Waals surface area contributed by atoms with E-state index in [1.807, 2.05) is 0 Å². The van der Waals surface area contributed by atoms with Gasteiger partial charge in [-0.2, -0.15) is 0 Å². The molecule has 27 heavy (non-hydrogen) atoms. The van der Waals surface area contributed by atoms with E-state index in [2.05, 4.69) is 15.0 Å². The number of rotatable bonds is 5. The summed E-state index contributed by atoms with van der Waals surface area (Å²) in [6.07, 6.45) is 0. The maximum absolute atomic E-state index is 13.3. The molecular formula is C16H13ClFN3O4S2. The number of halogens is 2. The normalized spacial score (nSPS) is 11.4. The van der Waals surface area contributed by atoms with Gasteiger partial charge < -0.3 is 10.1 Å². The average Bonchev–Trinajstić information content (AvgIpc) is 2.97. The molecule has 0 aliphatic rings. The fourth-order valence-corrected chi connectivity index (χ4v) is 4.56. The zero-order chi connectivity index (χ0) is 19.8. The van der Waals surface area contributed by atoms with Crippen LogP contribution in [-0.2, 0) is 14.8 Å². The second-order valence-electron chi connectivity index (χ2n) is 5.41. The van der Waals surface area contributed by atoms with Gasteiger partial charge in [-0.15, -0.1) is 0 Å². The van der Waals surface area contributed by atoms with Crippen LogP contribution in [0, 0.1) is 5.82 Å². The SMILES string of the molecule is COc1cc(NS(=O)(=O)c2ccc(F)c(Cl)c2)cc2sc(NC(C)=O)nc12. The smallest absolute Gasteiger partial charge is 0.261 e. The van der Waals surface area contributed by atoms with Gasteiger partial charge in [0.2, 0.25) is 5.91 Å². The molecule has 0 bridgehead atoms. The van der Waals surface area contributed by atoms with Gasteiger partial charge in [0, 0.05) is 13.0 Å². The highest BCUT2D eigenvalue weighted by atomic mass is 35.5. The molecule has 142 valence electrons. The largest absolute Gasteiger partial charge is 0.494 e. The predicted octanol–water partition coefficient (Wildman–Crippen LogP) is 3.86. The van der Waals surface area contributed by atoms with E-state index in [1.54, 1.807) is 6.07 Å². The summed E-state index contributed by atoms with van der Waals surface area (Å²) in [5, 5.41) is 2.64. The summed E-state index contributed by atoms with van der Waals surface area (Å²) in [6.45, 7) is 1.36. The third kappa shape index (κ3) is 4.12. The number of nitrogens with zero attached hydrogens (tertiary/aromatic N) is 1. The molecule has 0 radical (unpaired) electrons. The Bertz CT molecular complexity index is 1150. The molecule has 7 nitrogen and oxygen atoms in total. The number of carbonyl (C=O) groups excluding carboxylic acids is 1. The molecule has 0 atom stereocenters. The van der Waals surface area contributed by atoms with Crippen molar-refractivity contribution in [3.63, 3.8) is 0 Å². The first-order chi connectivity index (χ1) is 12.7. The molecule has 0 unspecified atom stereocenters. The van der Waals surface area contributed by atoms with Crippen molar-refractivity contribution in [2.45, 2.75) is 11.8 Å². The molecule has 0 saturated carbocycles. The van der Waals surface area contributed by atoms with Crippen LogP contribution >= 0.6 is 22.9 Å². The van der Waals surface area contributed by atoms with Gasteiger partial charge in [0.15, 0.2) is 5.13 Å². The number of sulfonamides is 1. The first-order valence-corrected chi connectivity index (χ1v) is 10.1. The van der Waals surface area contributed by atoms with Crippen LogP contribution in [0.15, 0.2) is 35.2 Å². The molecule has 3 rings (SSSR count). The number of thiazole rings is 1. The van der Waals surface area contributed by atoms with Crippen molar-refractivity contribution in [2.24, 2.45) is 0 Å². The monoisotopic (exact) mass is 429 g/mol. The maximum Gasteiger partial charge on any atom is 0.261 e. The molecule has 2 N–H and O–H groups in total. The Labute approximate surface area is 163 Å². The molecule has 11 heteroatoms. The minimum atomic E-state index is -4.00. The Morgan fingerprint density at radius 2 is 2.04 bits per heavy atom. The van der Waals surface area contributed by atoms with Crippen LogP contribution in [0.4, 0.5) is 15.2 Å². The number of benzene rings is 2. The molecule has 2 aromatic carbocycles. The number of anilines is 2. The van der Waals surface area contributed by atoms with Gasteiger partial charge in [0.05, 0.1) is 27.4 Å². The quantitative estimate of drug-likeness (QED) is 0.641. The first kappa shape index (κ1) is 19.3. The standard InChI is InChI=1S/C16H13ClFN3O4S2/c1-8(22)19-16-20-15-13(25-2)5-9(6-14(15)26-16)21-27(23,24)10-3-4-12(18)11(17)7-10/h3-7,21H,1-2H3,(H,19,20,22). The van der Waals surface area contributed by atoms with Crippen molar-refractivity contribution in [3.8, 4) is 5.75 Å². The van der Waals surface area contributed by atoms with Gasteiger partial charge in [0.1, 0.15) is 17.1 Å². The van der Waals surface area contributed by atoms with Crippen LogP contribution in [0.1, 0.15) is 6.92 Å². The van der Waals surface area contributed by atoms with Gasteiger partial charge in [-0.3, -0.25) is 9.52 Å². The molecule has 3 aromatic rings. The van der Waals surface area contributed by atoms with Crippen molar-refractivity contribution < 1.29 is 22.3 Å². The zero-order valence-corrected chi connectivity index (χ0v) is 16.4. The van der Waals surface area contributed by atoms with Gasteiger partial charge in [-0.25, -0.2) is 17.8 Å². The van der Waals surface area contributed by atoms with E-state index in [4.69, 9.17) is 16.3 Å². The minimum Gasteiger partial charge on any atom is -0.494 e. The number of hydrogen-bond acceptors (Lipinski definition) is 6. The van der Waals surface area contributed by atoms with Crippen LogP contribution in [0.25, 0.3) is 10.2 Å². The highest BCUT2D eigenvalue weighted by molar-refractivity contribution is 7.92. The van der Waals surface area contributed by atoms with E-state index in [9.17, 15) is 17.6 Å². The summed E-state index contributed by atoms with van der Waals surface area (Å²) >= 11 is 6.83. The molecule has 0 spiro atoms. The second kappa shape index (κ2) is 7.29. The maximum atomic E-state index is 13.3. The lowest BCUT2D eigenvalue weighted by atomic mass is 10.3. The van der Waals surface area contributed by atoms with E-state index < -0.39 is 15.8 Å². The lowest BCUT2D eigenvalue weighted by molar-refractivity contribution is -0.114. The third-order valence-electron chi connectivity index (χ3n) is 3.42. The van der Waals surface area contributed by atoms with Crippen molar-refractivity contribution in [2.75, 3.05) is 17.1 Å². The van der Waals surface area contributed by atoms with E-state index in [1.165, 1.54) is 31.4 Å². The molecular weight excluding hydrogens is 417 g/mol. The van der Waals surface area contributed by atoms with Crippen molar-refractivity contribution in [1.82, 2.24) is 4.98 Å². The number of fused-ring (bicyclic) bond motifs is 1. The van der Waals surface area contributed by atoms with Gasteiger partial charge in [-0.1, -0.05) is 22.9 Å². The summed E-state index contributed by atoms with van der Waals surface area (Å²) in [7, 11) is -2.58. The summed E-state index contributed by atoms with van der Waals surface area (Å²) < 4.78 is 46.7. The van der Waals surface area contributed by atoms with Gasteiger partial charge in [-0.05, 0) is 24.3 Å². The van der Waals surface area contributed by atoms with Crippen molar-refractivity contribution in [1.29, 1.82) is 0 Å². The Morgan fingerprint density at radius 1 is 1.30 bits per heavy atom. The Morgan fingerprint density at radius 3 is 2.67 bits per heavy atom. The van der Waals surface area contributed by atoms with Gasteiger partial charge >= 0.3 is 0 Å². The summed E-state index contributed by atoms with van der Waals surface area (Å²) in [4.78, 5) is 15.3. The average molecular weight is 430 g/mol. The highest BCUT2D eigenvalue weighted by Gasteiger charge is 2.18. The molecule has 0 aliphatic heterocycles. The van der Waals surface area contributed by atoms with E-state index in [0.717, 1.165) is 18.2 Å². The van der Waals surface area contributed by atoms with Gasteiger partial charge in [0.25, 0.3) is 10.0 Å². The summed E-state index contributed by atoms with van der Waals surface area (Å²) in [6, 6.07) is 6.13. The molecule has 1 aromatic heterocycles. The van der Waals surface area contributed by atoms with Crippen LogP contribution in [0.3, 0.4) is 0 Å². The number of aromatic nitrogens is 1. The first-order valence-electron chi connectivity index (χ1n) is 7.43. The number of methoxy groups -OCH3 is 1. The topological polar surface area (TPSA) is 97.4 Å². The summed E-state index contributed by atoms with van der Waals surface area (Å²) in [5.41, 5.74) is 0.705. The number of hydrogen-bond donors (Lipinski definition) is 2. The van der Waals surface area contributed by atoms with Crippen LogP contribution in [-0.4, -0.2) is 26.4 Å². The number of amides is 1. The van der Waals surface area contributed by atoms with E-state index in [-0.39, 0.29) is 21.5 Å². The fourth-order valence-electron chi connectivity index (χ4n) is 2.28. The predicted molar refractivity (Wildman–Crippen MR) is 103 cm³/mol. The zero-order valence-electron chi connectivity index (χ0n) is 14.0. The van der Waals surface area contributed by atoms with Crippen LogP contribution in [0.5, 0.6) is 5.75 Å². The number of nitrogens with one attached hydrogen (secondary N) is 2. The number of carbonyl (C=O) groups is 1. The van der Waals surface area contributed by atoms with Crippen molar-refractivity contribution in [3.05, 3.63) is 41.2 Å². The van der Waals surface area contributed by atoms with Crippen LogP contribution in [0.2, 0.25) is 5.02 Å². The third-order valence-corrected chi connectivity index (χ3v) is 6.00. The Kier molecular flexibility index (Phi) is 5.22. The summed E-state index contributed by atoms with van der Waals surface area (Å²) in [5.74, 6) is -0.661. The number of ether oxygens (including phenoxy) is 1. The Hall–Kier alpha value is -2.43. The molecule has 1 amide bonds. The lowest BCUT2D eigenvalue weighted by Crippen LogP contribution is -2.13. The lowest BCUT2D eigenvalue weighted by Gasteiger charge is -2.10. The Balaban J connectivity index is 2.00. The van der Waals surface area contributed by atoms with Crippen molar-refractivity contribution >= 4 is 59.9 Å². The van der Waals surface area contributed by atoms with E-state index >= 15 is 0 Å².